The van der Waals surface area contributed by atoms with E-state index in [0.717, 1.165) is 0 Å². The standard InChI is InChI=1S/C30H24F10O6/c1-13(2)27(41)46-29(4,9-10-30(38,39)40)15-5-7-16(8-6-15)45-14(3)43-11-12-44-28(42)19-20(31)17-18(21(32)24(19)35)23(34)26(37)25(36)22(17)33/h5-8,14H,1,9-12H2,2-4H3. The number of benzene rings is 3. The van der Waals surface area contributed by atoms with Crippen molar-refractivity contribution in [3.8, 4) is 5.75 Å². The van der Waals surface area contributed by atoms with Gasteiger partial charge in [0.2, 0.25) is 0 Å². The molecule has 0 saturated carbocycles. The van der Waals surface area contributed by atoms with Crippen molar-refractivity contribution in [3.63, 3.8) is 0 Å². The monoisotopic (exact) mass is 670 g/mol. The van der Waals surface area contributed by atoms with Crippen LogP contribution in [0.25, 0.3) is 10.8 Å². The molecule has 46 heavy (non-hydrogen) atoms. The summed E-state index contributed by atoms with van der Waals surface area (Å²) in [7, 11) is 0. The van der Waals surface area contributed by atoms with E-state index in [0.29, 0.717) is 0 Å². The van der Waals surface area contributed by atoms with Crippen molar-refractivity contribution in [1.29, 1.82) is 0 Å². The van der Waals surface area contributed by atoms with Gasteiger partial charge >= 0.3 is 18.1 Å². The van der Waals surface area contributed by atoms with Crippen LogP contribution in [-0.4, -0.2) is 37.6 Å². The van der Waals surface area contributed by atoms with Crippen LogP contribution in [0.5, 0.6) is 5.75 Å². The molecule has 0 aliphatic carbocycles. The second kappa shape index (κ2) is 14.0. The van der Waals surface area contributed by atoms with E-state index in [-0.39, 0.29) is 16.9 Å². The van der Waals surface area contributed by atoms with E-state index in [1.165, 1.54) is 45.0 Å². The Morgan fingerprint density at radius 1 is 0.783 bits per heavy atom. The topological polar surface area (TPSA) is 71.1 Å². The number of halogens is 10. The molecule has 0 N–H and O–H groups in total. The van der Waals surface area contributed by atoms with Crippen molar-refractivity contribution in [2.45, 2.75) is 51.7 Å². The fraction of sp³-hybridized carbons (Fsp3) is 0.333. The molecular weight excluding hydrogens is 646 g/mol. The molecular formula is C30H24F10O6. The summed E-state index contributed by atoms with van der Waals surface area (Å²) in [5.41, 5.74) is -3.33. The van der Waals surface area contributed by atoms with Crippen molar-refractivity contribution in [3.05, 3.63) is 88.3 Å². The van der Waals surface area contributed by atoms with Crippen LogP contribution in [0.2, 0.25) is 0 Å². The Balaban J connectivity index is 1.64. The fourth-order valence-corrected chi connectivity index (χ4v) is 4.12. The van der Waals surface area contributed by atoms with Gasteiger partial charge in [-0.3, -0.25) is 0 Å². The van der Waals surface area contributed by atoms with Gasteiger partial charge in [0.15, 0.2) is 47.0 Å². The number of rotatable bonds is 12. The quantitative estimate of drug-likeness (QED) is 0.0369. The molecule has 3 aromatic rings. The third kappa shape index (κ3) is 7.89. The van der Waals surface area contributed by atoms with E-state index < -0.39 is 113 Å². The molecule has 0 radical (unpaired) electrons. The van der Waals surface area contributed by atoms with Crippen molar-refractivity contribution in [2.24, 2.45) is 0 Å². The lowest BCUT2D eigenvalue weighted by molar-refractivity contribution is -0.167. The normalized spacial score (nSPS) is 13.7. The molecule has 0 spiro atoms. The minimum Gasteiger partial charge on any atom is -0.465 e. The Morgan fingerprint density at radius 3 is 1.83 bits per heavy atom. The predicted molar refractivity (Wildman–Crippen MR) is 140 cm³/mol. The highest BCUT2D eigenvalue weighted by Gasteiger charge is 2.38. The molecule has 0 heterocycles. The molecule has 0 bridgehead atoms. The smallest absolute Gasteiger partial charge is 0.389 e. The first-order chi connectivity index (χ1) is 21.3. The fourth-order valence-electron chi connectivity index (χ4n) is 4.12. The molecule has 0 saturated heterocycles. The summed E-state index contributed by atoms with van der Waals surface area (Å²) in [6.07, 6.45) is -7.45. The van der Waals surface area contributed by atoms with Crippen molar-refractivity contribution >= 4 is 22.7 Å². The highest BCUT2D eigenvalue weighted by molar-refractivity contribution is 5.97. The Bertz CT molecular complexity index is 1660. The van der Waals surface area contributed by atoms with E-state index >= 15 is 0 Å². The van der Waals surface area contributed by atoms with Crippen LogP contribution < -0.4 is 4.74 Å². The molecule has 250 valence electrons. The second-order valence-electron chi connectivity index (χ2n) is 10.1. The van der Waals surface area contributed by atoms with E-state index in [4.69, 9.17) is 14.2 Å². The highest BCUT2D eigenvalue weighted by atomic mass is 19.4. The van der Waals surface area contributed by atoms with Gasteiger partial charge in [0.1, 0.15) is 23.5 Å². The summed E-state index contributed by atoms with van der Waals surface area (Å²) >= 11 is 0. The summed E-state index contributed by atoms with van der Waals surface area (Å²) in [5.74, 6) is -19.5. The average molecular weight is 670 g/mol. The maximum Gasteiger partial charge on any atom is 0.389 e. The van der Waals surface area contributed by atoms with E-state index in [1.807, 2.05) is 0 Å². The zero-order valence-corrected chi connectivity index (χ0v) is 24.2. The SMILES string of the molecule is C=C(C)C(=O)OC(C)(CCC(F)(F)F)c1ccc(OC(C)OCCOC(=O)c2c(F)c(F)c3c(F)c(F)c(F)c(F)c3c2F)cc1. The first-order valence-electron chi connectivity index (χ1n) is 13.1. The summed E-state index contributed by atoms with van der Waals surface area (Å²) in [6.45, 7) is 6.18. The van der Waals surface area contributed by atoms with Gasteiger partial charge in [0.25, 0.3) is 0 Å². The lowest BCUT2D eigenvalue weighted by Gasteiger charge is -2.31. The van der Waals surface area contributed by atoms with Gasteiger partial charge in [-0.25, -0.2) is 40.3 Å². The summed E-state index contributed by atoms with van der Waals surface area (Å²) in [6, 6.07) is 5.39. The molecule has 16 heteroatoms. The molecule has 3 aromatic carbocycles. The van der Waals surface area contributed by atoms with Crippen molar-refractivity contribution < 1.29 is 72.4 Å². The molecule has 0 amide bonds. The third-order valence-electron chi connectivity index (χ3n) is 6.53. The Morgan fingerprint density at radius 2 is 1.30 bits per heavy atom. The molecule has 2 unspecified atom stereocenters. The van der Waals surface area contributed by atoms with Gasteiger partial charge < -0.3 is 18.9 Å². The Kier molecular flexibility index (Phi) is 11.0. The number of hydrogen-bond acceptors (Lipinski definition) is 6. The number of carbonyl (C=O) groups excluding carboxylic acids is 2. The van der Waals surface area contributed by atoms with Crippen LogP contribution in [0, 0.1) is 40.7 Å². The van der Waals surface area contributed by atoms with Crippen molar-refractivity contribution in [2.75, 3.05) is 13.2 Å². The van der Waals surface area contributed by atoms with Gasteiger partial charge in [0.05, 0.1) is 17.4 Å². The zero-order valence-electron chi connectivity index (χ0n) is 24.2. The van der Waals surface area contributed by atoms with Gasteiger partial charge in [0, 0.05) is 12.0 Å². The van der Waals surface area contributed by atoms with E-state index in [9.17, 15) is 53.5 Å². The molecule has 6 nitrogen and oxygen atoms in total. The predicted octanol–water partition coefficient (Wildman–Crippen LogP) is 8.09. The van der Waals surface area contributed by atoms with E-state index in [1.54, 1.807) is 0 Å². The van der Waals surface area contributed by atoms with Crippen LogP contribution in [0.15, 0.2) is 36.4 Å². The number of hydrogen-bond donors (Lipinski definition) is 0. The van der Waals surface area contributed by atoms with Crippen molar-refractivity contribution in [1.82, 2.24) is 0 Å². The highest BCUT2D eigenvalue weighted by Crippen LogP contribution is 2.37. The van der Waals surface area contributed by atoms with E-state index in [2.05, 4.69) is 11.3 Å². The number of carbonyl (C=O) groups is 2. The molecule has 0 fully saturated rings. The number of fused-ring (bicyclic) bond motifs is 1. The number of ether oxygens (including phenoxy) is 4. The first kappa shape index (κ1) is 36.1. The first-order valence-corrected chi connectivity index (χ1v) is 13.1. The average Bonchev–Trinajstić information content (AvgIpc) is 2.98. The van der Waals surface area contributed by atoms with Crippen LogP contribution >= 0.6 is 0 Å². The van der Waals surface area contributed by atoms with Gasteiger partial charge in [-0.15, -0.1) is 0 Å². The minimum atomic E-state index is -4.52. The second-order valence-corrected chi connectivity index (χ2v) is 10.1. The summed E-state index contributed by atoms with van der Waals surface area (Å²) in [4.78, 5) is 24.3. The maximum absolute atomic E-state index is 14.8. The van der Waals surface area contributed by atoms with Gasteiger partial charge in [-0.2, -0.15) is 13.2 Å². The van der Waals surface area contributed by atoms with Gasteiger partial charge in [-0.05, 0) is 44.9 Å². The summed E-state index contributed by atoms with van der Waals surface area (Å²) in [5, 5.41) is -3.73. The zero-order chi connectivity index (χ0) is 34.7. The maximum atomic E-state index is 14.8. The van der Waals surface area contributed by atoms with Gasteiger partial charge in [-0.1, -0.05) is 18.7 Å². The van der Waals surface area contributed by atoms with Crippen LogP contribution in [0.3, 0.4) is 0 Å². The Labute approximate surface area is 254 Å². The Hall–Kier alpha value is -4.34. The molecule has 0 aliphatic rings. The summed E-state index contributed by atoms with van der Waals surface area (Å²) < 4.78 is 158. The largest absolute Gasteiger partial charge is 0.465 e. The number of esters is 2. The molecule has 2 atom stereocenters. The molecule has 0 aromatic heterocycles. The van der Waals surface area contributed by atoms with Crippen LogP contribution in [0.4, 0.5) is 43.9 Å². The van der Waals surface area contributed by atoms with Crippen LogP contribution in [0.1, 0.15) is 49.5 Å². The van der Waals surface area contributed by atoms with Crippen LogP contribution in [-0.2, 0) is 24.6 Å². The lowest BCUT2D eigenvalue weighted by Crippen LogP contribution is -2.31. The molecule has 0 aliphatic heterocycles. The lowest BCUT2D eigenvalue weighted by atomic mass is 9.90. The third-order valence-corrected chi connectivity index (χ3v) is 6.53. The number of alkyl halides is 3. The minimum absolute atomic E-state index is 0.0223. The molecule has 3 rings (SSSR count).